The number of carbonyl (C=O) groups is 3. The molecule has 0 bridgehead atoms. The van der Waals surface area contributed by atoms with Crippen molar-refractivity contribution in [1.82, 2.24) is 20.0 Å². The van der Waals surface area contributed by atoms with Crippen LogP contribution in [0.4, 0.5) is 5.69 Å². The summed E-state index contributed by atoms with van der Waals surface area (Å²) in [5, 5.41) is 11.3. The molecule has 2 saturated heterocycles. The fourth-order valence-corrected chi connectivity index (χ4v) is 4.65. The molecule has 2 aromatic rings. The van der Waals surface area contributed by atoms with E-state index in [0.717, 1.165) is 50.1 Å². The van der Waals surface area contributed by atoms with E-state index in [1.165, 1.54) is 0 Å². The van der Waals surface area contributed by atoms with Crippen molar-refractivity contribution in [1.29, 1.82) is 0 Å². The molecule has 1 unspecified atom stereocenters. The van der Waals surface area contributed by atoms with E-state index in [-0.39, 0.29) is 27.7 Å². The predicted molar refractivity (Wildman–Crippen MR) is 114 cm³/mol. The number of nitrogens with one attached hydrogen (secondary N) is 1. The number of nitrogens with zero attached hydrogens (tertiary/aromatic N) is 4. The molecule has 1 N–H and O–H groups in total. The Balaban J connectivity index is 1.38. The summed E-state index contributed by atoms with van der Waals surface area (Å²) in [7, 11) is 0. The fourth-order valence-electron chi connectivity index (χ4n) is 3.81. The number of carbonyl (C=O) groups excluding carboxylic acids is 3. The second-order valence-electron chi connectivity index (χ2n) is 7.50. The van der Waals surface area contributed by atoms with Crippen LogP contribution >= 0.6 is 22.9 Å². The summed E-state index contributed by atoms with van der Waals surface area (Å²) in [6.07, 6.45) is 3.67. The summed E-state index contributed by atoms with van der Waals surface area (Å²) < 4.78 is 0. The van der Waals surface area contributed by atoms with Gasteiger partial charge in [0.1, 0.15) is 0 Å². The smallest absolute Gasteiger partial charge is 0.286 e. The highest BCUT2D eigenvalue weighted by Crippen LogP contribution is 2.24. The van der Waals surface area contributed by atoms with Crippen molar-refractivity contribution in [3.05, 3.63) is 39.3 Å². The molecule has 8 nitrogen and oxygen atoms in total. The van der Waals surface area contributed by atoms with Crippen LogP contribution in [0.5, 0.6) is 0 Å². The predicted octanol–water partition coefficient (Wildman–Crippen LogP) is 2.92. The molecule has 0 radical (unpaired) electrons. The van der Waals surface area contributed by atoms with Crippen LogP contribution < -0.4 is 5.32 Å². The average molecular weight is 448 g/mol. The maximum Gasteiger partial charge on any atom is 0.286 e. The summed E-state index contributed by atoms with van der Waals surface area (Å²) in [6.45, 7) is 2.59. The van der Waals surface area contributed by atoms with Crippen molar-refractivity contribution < 1.29 is 14.4 Å². The second kappa shape index (κ2) is 9.09. The van der Waals surface area contributed by atoms with Crippen molar-refractivity contribution in [2.45, 2.75) is 25.7 Å². The Labute approximate surface area is 183 Å². The first-order chi connectivity index (χ1) is 14.5. The Morgan fingerprint density at radius 3 is 2.37 bits per heavy atom. The minimum absolute atomic E-state index is 0.106. The number of likely N-dealkylation sites (tertiary alicyclic amines) is 2. The Morgan fingerprint density at radius 2 is 1.63 bits per heavy atom. The minimum Gasteiger partial charge on any atom is -0.342 e. The molecule has 3 amide bonds. The molecule has 0 saturated carbocycles. The van der Waals surface area contributed by atoms with Crippen LogP contribution in [0.3, 0.4) is 0 Å². The zero-order valence-corrected chi connectivity index (χ0v) is 17.9. The van der Waals surface area contributed by atoms with E-state index in [1.807, 2.05) is 4.90 Å². The van der Waals surface area contributed by atoms with Gasteiger partial charge in [-0.25, -0.2) is 0 Å². The maximum atomic E-state index is 12.9. The molecule has 0 spiro atoms. The van der Waals surface area contributed by atoms with Crippen LogP contribution in [0.2, 0.25) is 5.02 Å². The third-order valence-electron chi connectivity index (χ3n) is 5.38. The van der Waals surface area contributed by atoms with Gasteiger partial charge in [-0.1, -0.05) is 22.9 Å². The van der Waals surface area contributed by atoms with Gasteiger partial charge in [0.05, 0.1) is 5.92 Å². The van der Waals surface area contributed by atoms with E-state index in [1.54, 1.807) is 29.2 Å². The number of anilines is 1. The summed E-state index contributed by atoms with van der Waals surface area (Å²) in [4.78, 5) is 41.5. The van der Waals surface area contributed by atoms with Gasteiger partial charge in [0.2, 0.25) is 15.9 Å². The van der Waals surface area contributed by atoms with Gasteiger partial charge in [0, 0.05) is 36.9 Å². The van der Waals surface area contributed by atoms with Crippen LogP contribution in [-0.2, 0) is 4.79 Å². The van der Waals surface area contributed by atoms with Gasteiger partial charge in [-0.3, -0.25) is 14.4 Å². The van der Waals surface area contributed by atoms with Gasteiger partial charge in [0.15, 0.2) is 0 Å². The van der Waals surface area contributed by atoms with E-state index in [4.69, 9.17) is 11.6 Å². The topological polar surface area (TPSA) is 95.5 Å². The van der Waals surface area contributed by atoms with Gasteiger partial charge in [0.25, 0.3) is 11.8 Å². The lowest BCUT2D eigenvalue weighted by Crippen LogP contribution is -2.46. The van der Waals surface area contributed by atoms with Crippen LogP contribution in [-0.4, -0.2) is 63.9 Å². The number of benzene rings is 1. The SMILES string of the molecule is O=C(Nc1ccc(Cl)cc1)c1nnc(C(=O)N2CCCC(C(=O)N3CCCC3)C2)s1. The summed E-state index contributed by atoms with van der Waals surface area (Å²) in [5.74, 6) is -0.738. The van der Waals surface area contributed by atoms with Gasteiger partial charge < -0.3 is 15.1 Å². The average Bonchev–Trinajstić information content (AvgIpc) is 3.47. The summed E-state index contributed by atoms with van der Waals surface area (Å²) in [5.41, 5.74) is 0.576. The van der Waals surface area contributed by atoms with Crippen molar-refractivity contribution in [2.24, 2.45) is 5.92 Å². The van der Waals surface area contributed by atoms with Gasteiger partial charge in [-0.2, -0.15) is 0 Å². The first kappa shape index (κ1) is 20.7. The lowest BCUT2D eigenvalue weighted by Gasteiger charge is -2.33. The van der Waals surface area contributed by atoms with Gasteiger partial charge >= 0.3 is 0 Å². The maximum absolute atomic E-state index is 12.9. The first-order valence-corrected chi connectivity index (χ1v) is 11.2. The second-order valence-corrected chi connectivity index (χ2v) is 8.91. The third kappa shape index (κ3) is 4.62. The lowest BCUT2D eigenvalue weighted by atomic mass is 9.96. The zero-order chi connectivity index (χ0) is 21.1. The molecule has 1 atom stereocenters. The van der Waals surface area contributed by atoms with Crippen molar-refractivity contribution in [2.75, 3.05) is 31.5 Å². The van der Waals surface area contributed by atoms with Crippen molar-refractivity contribution in [3.8, 4) is 0 Å². The molecule has 2 aliphatic rings. The van der Waals surface area contributed by atoms with Crippen LogP contribution in [0.1, 0.15) is 45.3 Å². The van der Waals surface area contributed by atoms with Crippen molar-refractivity contribution >= 4 is 46.3 Å². The van der Waals surface area contributed by atoms with E-state index in [0.29, 0.717) is 23.8 Å². The van der Waals surface area contributed by atoms with Crippen molar-refractivity contribution in [3.63, 3.8) is 0 Å². The molecule has 4 rings (SSSR count). The van der Waals surface area contributed by atoms with E-state index < -0.39 is 5.91 Å². The zero-order valence-electron chi connectivity index (χ0n) is 16.3. The monoisotopic (exact) mass is 447 g/mol. The molecular formula is C20H22ClN5O3S. The van der Waals surface area contributed by atoms with Gasteiger partial charge in [-0.15, -0.1) is 10.2 Å². The number of amides is 3. The van der Waals surface area contributed by atoms with E-state index >= 15 is 0 Å². The normalized spacial score (nSPS) is 19.0. The first-order valence-electron chi connectivity index (χ1n) is 10.00. The molecule has 3 heterocycles. The van der Waals surface area contributed by atoms with Crippen LogP contribution in [0, 0.1) is 5.92 Å². The molecule has 10 heteroatoms. The summed E-state index contributed by atoms with van der Waals surface area (Å²) >= 11 is 6.80. The quantitative estimate of drug-likeness (QED) is 0.777. The lowest BCUT2D eigenvalue weighted by molar-refractivity contribution is -0.135. The molecule has 158 valence electrons. The largest absolute Gasteiger partial charge is 0.342 e. The van der Waals surface area contributed by atoms with Gasteiger partial charge in [-0.05, 0) is 49.9 Å². The Kier molecular flexibility index (Phi) is 6.29. The third-order valence-corrected chi connectivity index (χ3v) is 6.54. The highest BCUT2D eigenvalue weighted by atomic mass is 35.5. The fraction of sp³-hybridized carbons (Fsp3) is 0.450. The minimum atomic E-state index is -0.436. The van der Waals surface area contributed by atoms with E-state index in [2.05, 4.69) is 15.5 Å². The Hall–Kier alpha value is -2.52. The molecule has 2 fully saturated rings. The Bertz CT molecular complexity index is 942. The molecular weight excluding hydrogens is 426 g/mol. The van der Waals surface area contributed by atoms with Crippen LogP contribution in [0.15, 0.2) is 24.3 Å². The molecule has 0 aliphatic carbocycles. The number of hydrogen-bond donors (Lipinski definition) is 1. The molecule has 2 aliphatic heterocycles. The molecule has 30 heavy (non-hydrogen) atoms. The molecule has 1 aromatic heterocycles. The van der Waals surface area contributed by atoms with Crippen LogP contribution in [0.25, 0.3) is 0 Å². The molecule has 1 aromatic carbocycles. The summed E-state index contributed by atoms with van der Waals surface area (Å²) in [6, 6.07) is 6.70. The standard InChI is InChI=1S/C20H22ClN5O3S/c21-14-5-7-15(8-6-14)22-16(27)17-23-24-18(30-17)20(29)26-11-3-4-13(12-26)19(28)25-9-1-2-10-25/h5-8,13H,1-4,9-12H2,(H,22,27). The number of aromatic nitrogens is 2. The highest BCUT2D eigenvalue weighted by Gasteiger charge is 2.33. The highest BCUT2D eigenvalue weighted by molar-refractivity contribution is 7.15. The Morgan fingerprint density at radius 1 is 0.967 bits per heavy atom. The van der Waals surface area contributed by atoms with E-state index in [9.17, 15) is 14.4 Å². The number of piperidine rings is 1. The number of halogens is 1. The number of rotatable bonds is 4. The number of hydrogen-bond acceptors (Lipinski definition) is 6.